The number of piperidine rings is 1. The van der Waals surface area contributed by atoms with Gasteiger partial charge in [-0.3, -0.25) is 4.79 Å². The molecule has 0 radical (unpaired) electrons. The molecule has 0 saturated carbocycles. The maximum absolute atomic E-state index is 14.4. The number of hydrogen-bond donors (Lipinski definition) is 1. The van der Waals surface area contributed by atoms with Crippen molar-refractivity contribution in [3.05, 3.63) is 66.2 Å². The quantitative estimate of drug-likeness (QED) is 0.460. The summed E-state index contributed by atoms with van der Waals surface area (Å²) < 4.78 is 16.2. The number of anilines is 1. The lowest BCUT2D eigenvalue weighted by Gasteiger charge is -2.33. The van der Waals surface area contributed by atoms with Crippen LogP contribution in [0.15, 0.2) is 54.9 Å². The van der Waals surface area contributed by atoms with Crippen LogP contribution in [0.2, 0.25) is 0 Å². The molecule has 164 valence electrons. The molecule has 7 heteroatoms. The van der Waals surface area contributed by atoms with Crippen molar-refractivity contribution in [2.45, 2.75) is 25.7 Å². The van der Waals surface area contributed by atoms with E-state index < -0.39 is 0 Å². The van der Waals surface area contributed by atoms with E-state index in [0.717, 1.165) is 34.6 Å². The first-order chi connectivity index (χ1) is 15.6. The van der Waals surface area contributed by atoms with Crippen LogP contribution in [-0.2, 0) is 4.79 Å². The van der Waals surface area contributed by atoms with Crippen LogP contribution in [0.1, 0.15) is 31.2 Å². The number of aromatic nitrogens is 2. The van der Waals surface area contributed by atoms with Crippen molar-refractivity contribution in [2.75, 3.05) is 24.5 Å². The molecule has 0 bridgehead atoms. The molecule has 1 amide bonds. The molecule has 4 aromatic rings. The summed E-state index contributed by atoms with van der Waals surface area (Å²) in [6, 6.07) is 15.3. The van der Waals surface area contributed by atoms with Gasteiger partial charge in [-0.15, -0.1) is 11.3 Å². The number of carbonyl (C=O) groups excluding carboxylic acids is 1. The lowest BCUT2D eigenvalue weighted by Crippen LogP contribution is -2.44. The third-order valence-corrected chi connectivity index (χ3v) is 7.39. The number of nitrogens with one attached hydrogen (secondary N) is 1. The van der Waals surface area contributed by atoms with Crippen LogP contribution in [0, 0.1) is 11.7 Å². The van der Waals surface area contributed by atoms with Crippen LogP contribution in [0.4, 0.5) is 10.2 Å². The Labute approximate surface area is 190 Å². The maximum Gasteiger partial charge on any atom is 0.224 e. The number of fused-ring (bicyclic) bond motifs is 3. The summed E-state index contributed by atoms with van der Waals surface area (Å²) in [6.07, 6.45) is 3.27. The molecule has 5 rings (SSSR count). The molecule has 1 N–H and O–H groups in total. The Morgan fingerprint density at radius 3 is 2.91 bits per heavy atom. The number of halogens is 1. The highest BCUT2D eigenvalue weighted by molar-refractivity contribution is 7.26. The topological polar surface area (TPSA) is 58.1 Å². The average Bonchev–Trinajstić information content (AvgIpc) is 3.23. The molecular formula is C25H25FN4OS. The maximum atomic E-state index is 14.4. The summed E-state index contributed by atoms with van der Waals surface area (Å²) in [5, 5.41) is 3.70. The fourth-order valence-electron chi connectivity index (χ4n) is 4.47. The van der Waals surface area contributed by atoms with E-state index in [1.165, 1.54) is 29.3 Å². The molecule has 5 nitrogen and oxygen atoms in total. The van der Waals surface area contributed by atoms with Gasteiger partial charge in [0.15, 0.2) is 0 Å². The SMILES string of the molecule is C[C@H](CNC(=O)[C@H]1CCCN(c2ncnc3c2sc2cccc(F)c23)C1)c1ccccc1. The molecule has 32 heavy (non-hydrogen) atoms. The predicted molar refractivity (Wildman–Crippen MR) is 128 cm³/mol. The van der Waals surface area contributed by atoms with Gasteiger partial charge in [0, 0.05) is 24.3 Å². The summed E-state index contributed by atoms with van der Waals surface area (Å²) in [7, 11) is 0. The molecule has 3 heterocycles. The minimum Gasteiger partial charge on any atom is -0.355 e. The number of rotatable bonds is 5. The summed E-state index contributed by atoms with van der Waals surface area (Å²) >= 11 is 1.51. The van der Waals surface area contributed by atoms with Gasteiger partial charge in [0.1, 0.15) is 18.0 Å². The highest BCUT2D eigenvalue weighted by atomic mass is 32.1. The van der Waals surface area contributed by atoms with Gasteiger partial charge in [-0.2, -0.15) is 0 Å². The van der Waals surface area contributed by atoms with E-state index in [1.807, 2.05) is 24.3 Å². The van der Waals surface area contributed by atoms with Gasteiger partial charge in [-0.25, -0.2) is 14.4 Å². The first-order valence-corrected chi connectivity index (χ1v) is 11.8. The first kappa shape index (κ1) is 20.8. The second-order valence-electron chi connectivity index (χ2n) is 8.43. The first-order valence-electron chi connectivity index (χ1n) is 11.0. The Hall–Kier alpha value is -3.06. The summed E-state index contributed by atoms with van der Waals surface area (Å²) in [6.45, 7) is 4.18. The zero-order valence-electron chi connectivity index (χ0n) is 17.9. The van der Waals surface area contributed by atoms with Crippen LogP contribution in [0.25, 0.3) is 20.3 Å². The summed E-state index contributed by atoms with van der Waals surface area (Å²) in [5.41, 5.74) is 1.87. The van der Waals surface area contributed by atoms with Crippen LogP contribution in [0.3, 0.4) is 0 Å². The number of thiophene rings is 1. The van der Waals surface area contributed by atoms with Crippen molar-refractivity contribution < 1.29 is 9.18 Å². The van der Waals surface area contributed by atoms with E-state index in [9.17, 15) is 9.18 Å². The number of nitrogens with zero attached hydrogens (tertiary/aromatic N) is 3. The molecule has 2 atom stereocenters. The van der Waals surface area contributed by atoms with Crippen LogP contribution in [-0.4, -0.2) is 35.5 Å². The van der Waals surface area contributed by atoms with Crippen molar-refractivity contribution in [1.82, 2.24) is 15.3 Å². The van der Waals surface area contributed by atoms with Crippen molar-refractivity contribution in [3.8, 4) is 0 Å². The van der Waals surface area contributed by atoms with Crippen molar-refractivity contribution in [1.29, 1.82) is 0 Å². The van der Waals surface area contributed by atoms with Crippen molar-refractivity contribution >= 4 is 43.4 Å². The van der Waals surface area contributed by atoms with Gasteiger partial charge in [0.25, 0.3) is 0 Å². The predicted octanol–water partition coefficient (Wildman–Crippen LogP) is 5.12. The lowest BCUT2D eigenvalue weighted by molar-refractivity contribution is -0.125. The number of carbonyl (C=O) groups is 1. The summed E-state index contributed by atoms with van der Waals surface area (Å²) in [4.78, 5) is 24.0. The smallest absolute Gasteiger partial charge is 0.224 e. The van der Waals surface area contributed by atoms with Crippen molar-refractivity contribution in [2.24, 2.45) is 5.92 Å². The molecule has 2 aromatic carbocycles. The van der Waals surface area contributed by atoms with E-state index in [1.54, 1.807) is 6.07 Å². The van der Waals surface area contributed by atoms with E-state index in [2.05, 4.69) is 39.2 Å². The Morgan fingerprint density at radius 2 is 2.06 bits per heavy atom. The zero-order chi connectivity index (χ0) is 22.1. The van der Waals surface area contributed by atoms with Gasteiger partial charge < -0.3 is 10.2 Å². The fourth-order valence-corrected chi connectivity index (χ4v) is 5.66. The van der Waals surface area contributed by atoms with E-state index >= 15 is 0 Å². The molecule has 1 saturated heterocycles. The molecule has 1 aliphatic heterocycles. The van der Waals surface area contributed by atoms with Crippen LogP contribution in [0.5, 0.6) is 0 Å². The van der Waals surface area contributed by atoms with E-state index in [-0.39, 0.29) is 23.6 Å². The normalized spacial score (nSPS) is 17.6. The van der Waals surface area contributed by atoms with Gasteiger partial charge in [-0.05, 0) is 36.5 Å². The molecule has 1 aliphatic rings. The fraction of sp³-hybridized carbons (Fsp3) is 0.320. The number of hydrogen-bond acceptors (Lipinski definition) is 5. The Morgan fingerprint density at radius 1 is 1.22 bits per heavy atom. The minimum atomic E-state index is -0.262. The Balaban J connectivity index is 1.33. The van der Waals surface area contributed by atoms with Gasteiger partial charge >= 0.3 is 0 Å². The van der Waals surface area contributed by atoms with Gasteiger partial charge in [-0.1, -0.05) is 43.3 Å². The Kier molecular flexibility index (Phi) is 5.74. The van der Waals surface area contributed by atoms with Gasteiger partial charge in [0.2, 0.25) is 5.91 Å². The van der Waals surface area contributed by atoms with E-state index in [4.69, 9.17) is 0 Å². The largest absolute Gasteiger partial charge is 0.355 e. The number of benzene rings is 2. The number of amides is 1. The third kappa shape index (κ3) is 3.93. The monoisotopic (exact) mass is 448 g/mol. The Bertz CT molecular complexity index is 1260. The second kappa shape index (κ2) is 8.82. The molecular weight excluding hydrogens is 423 g/mol. The van der Waals surface area contributed by atoms with Crippen LogP contribution >= 0.6 is 11.3 Å². The third-order valence-electron chi connectivity index (χ3n) is 6.25. The zero-order valence-corrected chi connectivity index (χ0v) is 18.7. The average molecular weight is 449 g/mol. The molecule has 0 aliphatic carbocycles. The second-order valence-corrected chi connectivity index (χ2v) is 9.48. The van der Waals surface area contributed by atoms with Crippen LogP contribution < -0.4 is 10.2 Å². The minimum absolute atomic E-state index is 0.0881. The highest BCUT2D eigenvalue weighted by Gasteiger charge is 2.28. The van der Waals surface area contributed by atoms with E-state index in [0.29, 0.717) is 24.0 Å². The molecule has 0 unspecified atom stereocenters. The summed E-state index contributed by atoms with van der Waals surface area (Å²) in [5.74, 6) is 0.787. The van der Waals surface area contributed by atoms with Crippen molar-refractivity contribution in [3.63, 3.8) is 0 Å². The molecule has 2 aromatic heterocycles. The highest BCUT2D eigenvalue weighted by Crippen LogP contribution is 2.39. The molecule has 1 fully saturated rings. The standard InChI is InChI=1S/C25H25FN4OS/c1-16(17-7-3-2-4-8-17)13-27-25(31)18-9-6-12-30(14-18)24-23-22(28-15-29-24)21-19(26)10-5-11-20(21)32-23/h2-5,7-8,10-11,15-16,18H,6,9,12-14H2,1H3,(H,27,31)/t16-,18+/m1/s1. The molecule has 0 spiro atoms. The lowest BCUT2D eigenvalue weighted by atomic mass is 9.96. The van der Waals surface area contributed by atoms with Gasteiger partial charge in [0.05, 0.1) is 21.5 Å².